The smallest absolute Gasteiger partial charge is 0.355 e. The molecule has 1 saturated carbocycles. The van der Waals surface area contributed by atoms with Crippen LogP contribution in [-0.2, 0) is 13.0 Å². The number of nitrogens with zero attached hydrogens (tertiary/aromatic N) is 2. The fraction of sp³-hybridized carbons (Fsp3) is 0.545. The third-order valence-electron chi connectivity index (χ3n) is 3.40. The van der Waals surface area contributed by atoms with Crippen LogP contribution in [0.2, 0.25) is 0 Å². The molecule has 0 unspecified atom stereocenters. The fourth-order valence-corrected chi connectivity index (χ4v) is 2.39. The Labute approximate surface area is 97.3 Å². The molecule has 0 radical (unpaired) electrons. The van der Waals surface area contributed by atoms with Crippen molar-refractivity contribution in [2.75, 3.05) is 6.54 Å². The third-order valence-corrected chi connectivity index (χ3v) is 3.40. The van der Waals surface area contributed by atoms with Crippen molar-refractivity contribution in [3.8, 4) is 0 Å². The zero-order valence-electron chi connectivity index (χ0n) is 9.27. The van der Waals surface area contributed by atoms with Crippen molar-refractivity contribution in [2.24, 2.45) is 0 Å². The highest BCUT2D eigenvalue weighted by molar-refractivity contribution is 5.87. The van der Waals surface area contributed by atoms with E-state index < -0.39 is 11.7 Å². The normalized spacial score (nSPS) is 20.0. The number of aromatic carboxylic acids is 1. The lowest BCUT2D eigenvalue weighted by molar-refractivity contribution is 0.0685. The van der Waals surface area contributed by atoms with E-state index in [0.717, 1.165) is 12.2 Å². The number of carbonyl (C=O) groups is 1. The minimum atomic E-state index is -1.12. The molecule has 2 heterocycles. The van der Waals surface area contributed by atoms with Crippen molar-refractivity contribution >= 4 is 5.97 Å². The molecule has 17 heavy (non-hydrogen) atoms. The maximum atomic E-state index is 11.3. The molecule has 6 nitrogen and oxygen atoms in total. The topological polar surface area (TPSA) is 86.3 Å². The van der Waals surface area contributed by atoms with E-state index in [1.165, 1.54) is 12.8 Å². The van der Waals surface area contributed by atoms with Crippen molar-refractivity contribution in [2.45, 2.75) is 31.8 Å². The molecule has 2 aliphatic rings. The molecule has 0 bridgehead atoms. The summed E-state index contributed by atoms with van der Waals surface area (Å²) >= 11 is 0. The van der Waals surface area contributed by atoms with Gasteiger partial charge < -0.3 is 10.1 Å². The van der Waals surface area contributed by atoms with E-state index in [2.05, 4.69) is 14.9 Å². The molecule has 1 aliphatic heterocycles. The molecule has 3 rings (SSSR count). The van der Waals surface area contributed by atoms with Crippen molar-refractivity contribution in [3.05, 3.63) is 27.4 Å². The van der Waals surface area contributed by atoms with Gasteiger partial charge in [-0.2, -0.15) is 4.98 Å². The van der Waals surface area contributed by atoms with E-state index in [1.54, 1.807) is 0 Å². The van der Waals surface area contributed by atoms with Gasteiger partial charge in [-0.25, -0.2) is 9.59 Å². The Kier molecular flexibility index (Phi) is 2.25. The van der Waals surface area contributed by atoms with Gasteiger partial charge in [0.25, 0.3) is 0 Å². The van der Waals surface area contributed by atoms with Gasteiger partial charge in [-0.1, -0.05) is 0 Å². The Morgan fingerprint density at radius 3 is 2.88 bits per heavy atom. The highest BCUT2D eigenvalue weighted by atomic mass is 16.4. The van der Waals surface area contributed by atoms with Gasteiger partial charge in [0.1, 0.15) is 0 Å². The van der Waals surface area contributed by atoms with Gasteiger partial charge in [-0.15, -0.1) is 0 Å². The van der Waals surface area contributed by atoms with Crippen LogP contribution >= 0.6 is 0 Å². The van der Waals surface area contributed by atoms with Crippen LogP contribution in [0.3, 0.4) is 0 Å². The molecule has 0 amide bonds. The van der Waals surface area contributed by atoms with Crippen LogP contribution in [0.4, 0.5) is 0 Å². The Morgan fingerprint density at radius 1 is 1.47 bits per heavy atom. The van der Waals surface area contributed by atoms with E-state index in [4.69, 9.17) is 5.11 Å². The van der Waals surface area contributed by atoms with Crippen LogP contribution in [0.1, 0.15) is 34.6 Å². The zero-order chi connectivity index (χ0) is 12.0. The van der Waals surface area contributed by atoms with Crippen molar-refractivity contribution in [1.29, 1.82) is 0 Å². The van der Waals surface area contributed by atoms with Crippen molar-refractivity contribution in [3.63, 3.8) is 0 Å². The number of aromatic nitrogens is 2. The molecule has 1 aromatic rings. The minimum Gasteiger partial charge on any atom is -0.476 e. The lowest BCUT2D eigenvalue weighted by Gasteiger charge is -2.28. The average Bonchev–Trinajstić information content (AvgIpc) is 3.11. The molecule has 1 fully saturated rings. The van der Waals surface area contributed by atoms with E-state index in [9.17, 15) is 9.59 Å². The van der Waals surface area contributed by atoms with Gasteiger partial charge in [-0.05, 0) is 12.8 Å². The lowest BCUT2D eigenvalue weighted by Crippen LogP contribution is -2.36. The monoisotopic (exact) mass is 235 g/mol. The summed E-state index contributed by atoms with van der Waals surface area (Å²) in [5.74, 6) is -1.12. The van der Waals surface area contributed by atoms with E-state index in [1.807, 2.05) is 0 Å². The Morgan fingerprint density at radius 2 is 2.24 bits per heavy atom. The summed E-state index contributed by atoms with van der Waals surface area (Å²) in [7, 11) is 0. The van der Waals surface area contributed by atoms with Crippen molar-refractivity contribution in [1.82, 2.24) is 14.9 Å². The van der Waals surface area contributed by atoms with Gasteiger partial charge >= 0.3 is 11.7 Å². The summed E-state index contributed by atoms with van der Waals surface area (Å²) in [4.78, 5) is 30.8. The number of carboxylic acids is 1. The first-order valence-corrected chi connectivity index (χ1v) is 5.74. The highest BCUT2D eigenvalue weighted by Crippen LogP contribution is 2.31. The number of hydrogen-bond donors (Lipinski definition) is 2. The van der Waals surface area contributed by atoms with Crippen LogP contribution in [-0.4, -0.2) is 38.5 Å². The summed E-state index contributed by atoms with van der Waals surface area (Å²) in [6.45, 7) is 1.47. The summed E-state index contributed by atoms with van der Waals surface area (Å²) in [6, 6.07) is 0.594. The molecule has 0 saturated heterocycles. The number of nitrogens with one attached hydrogen (secondary N) is 1. The summed E-state index contributed by atoms with van der Waals surface area (Å²) in [5, 5.41) is 9.07. The molecular formula is C11H13N3O3. The van der Waals surface area contributed by atoms with Gasteiger partial charge in [0.05, 0.1) is 0 Å². The molecule has 1 aliphatic carbocycles. The SMILES string of the molecule is O=C(O)c1nc(=O)[nH]c2c1CN(C1CC1)CC2. The average molecular weight is 235 g/mol. The number of H-pyrrole nitrogens is 1. The first kappa shape index (κ1) is 10.5. The van der Waals surface area contributed by atoms with E-state index in [-0.39, 0.29) is 5.69 Å². The molecule has 0 spiro atoms. The van der Waals surface area contributed by atoms with Crippen LogP contribution < -0.4 is 5.69 Å². The van der Waals surface area contributed by atoms with Gasteiger partial charge in [-0.3, -0.25) is 4.90 Å². The summed E-state index contributed by atoms with van der Waals surface area (Å²) in [6.07, 6.45) is 3.08. The Hall–Kier alpha value is -1.69. The van der Waals surface area contributed by atoms with Gasteiger partial charge in [0.15, 0.2) is 5.69 Å². The lowest BCUT2D eigenvalue weighted by atomic mass is 10.0. The fourth-order valence-electron chi connectivity index (χ4n) is 2.39. The standard InChI is InChI=1S/C11H13N3O3/c15-10(16)9-7-5-14(6-1-2-6)4-3-8(7)12-11(17)13-9/h6H,1-5H2,(H,15,16)(H,12,13,17). The molecule has 2 N–H and O–H groups in total. The van der Waals surface area contributed by atoms with E-state index >= 15 is 0 Å². The molecular weight excluding hydrogens is 222 g/mol. The molecule has 90 valence electrons. The maximum Gasteiger partial charge on any atom is 0.355 e. The number of hydrogen-bond acceptors (Lipinski definition) is 4. The predicted molar refractivity (Wildman–Crippen MR) is 59.0 cm³/mol. The quantitative estimate of drug-likeness (QED) is 0.752. The van der Waals surface area contributed by atoms with Crippen LogP contribution in [0.5, 0.6) is 0 Å². The molecule has 6 heteroatoms. The Balaban J connectivity index is 2.03. The first-order chi connectivity index (χ1) is 8.15. The highest BCUT2D eigenvalue weighted by Gasteiger charge is 2.33. The second kappa shape index (κ2) is 3.66. The van der Waals surface area contributed by atoms with Crippen LogP contribution in [0, 0.1) is 0 Å². The van der Waals surface area contributed by atoms with Crippen LogP contribution in [0.25, 0.3) is 0 Å². The first-order valence-electron chi connectivity index (χ1n) is 5.74. The molecule has 1 aromatic heterocycles. The molecule has 0 atom stereocenters. The van der Waals surface area contributed by atoms with Gasteiger partial charge in [0, 0.05) is 36.8 Å². The second-order valence-corrected chi connectivity index (χ2v) is 4.60. The zero-order valence-corrected chi connectivity index (χ0v) is 9.27. The second-order valence-electron chi connectivity index (χ2n) is 4.60. The van der Waals surface area contributed by atoms with Crippen LogP contribution in [0.15, 0.2) is 4.79 Å². The maximum absolute atomic E-state index is 11.3. The third kappa shape index (κ3) is 1.84. The number of fused-ring (bicyclic) bond motifs is 1. The molecule has 0 aromatic carbocycles. The van der Waals surface area contributed by atoms with Gasteiger partial charge in [0.2, 0.25) is 0 Å². The number of rotatable bonds is 2. The Bertz CT molecular complexity index is 533. The van der Waals surface area contributed by atoms with Crippen molar-refractivity contribution < 1.29 is 9.90 Å². The minimum absolute atomic E-state index is 0.0888. The summed E-state index contributed by atoms with van der Waals surface area (Å²) in [5.41, 5.74) is 0.754. The number of carboxylic acid groups (broad SMARTS) is 1. The van der Waals surface area contributed by atoms with E-state index in [0.29, 0.717) is 24.6 Å². The predicted octanol–water partition coefficient (Wildman–Crippen LogP) is -0.0114. The summed E-state index contributed by atoms with van der Waals surface area (Å²) < 4.78 is 0. The largest absolute Gasteiger partial charge is 0.476 e. The number of aromatic amines is 1.